The largest absolute Gasteiger partial charge is 0.340 e. The average Bonchev–Trinajstić information content (AvgIpc) is 3.14. The van der Waals surface area contributed by atoms with Crippen molar-refractivity contribution in [3.05, 3.63) is 99.5 Å². The smallest absolute Gasteiger partial charge is 0.243 e. The molecular weight excluding hydrogens is 495 g/mol. The Labute approximate surface area is 217 Å². The number of piperidine rings is 1. The van der Waals surface area contributed by atoms with Crippen LogP contribution in [0.4, 0.5) is 4.39 Å². The topological polar surface area (TPSA) is 42.3 Å². The van der Waals surface area contributed by atoms with Gasteiger partial charge in [0.25, 0.3) is 0 Å². The highest BCUT2D eigenvalue weighted by molar-refractivity contribution is 7.89. The molecule has 0 saturated carbocycles. The molecule has 1 aliphatic rings. The van der Waals surface area contributed by atoms with Crippen LogP contribution in [0.25, 0.3) is 10.9 Å². The fourth-order valence-electron chi connectivity index (χ4n) is 5.53. The van der Waals surface area contributed by atoms with Gasteiger partial charge in [0.05, 0.1) is 11.4 Å². The van der Waals surface area contributed by atoms with Crippen LogP contribution in [0.15, 0.2) is 65.6 Å². The first kappa shape index (κ1) is 25.0. The molecule has 2 heterocycles. The van der Waals surface area contributed by atoms with Gasteiger partial charge < -0.3 is 4.57 Å². The molecule has 0 radical (unpaired) electrons. The van der Waals surface area contributed by atoms with Crippen LogP contribution in [-0.4, -0.2) is 30.4 Å². The number of nitrogens with zero attached hydrogens (tertiary/aromatic N) is 2. The number of hydrogen-bond donors (Lipinski definition) is 0. The van der Waals surface area contributed by atoms with Crippen molar-refractivity contribution in [3.63, 3.8) is 0 Å². The van der Waals surface area contributed by atoms with Crippen molar-refractivity contribution in [2.75, 3.05) is 13.1 Å². The van der Waals surface area contributed by atoms with Gasteiger partial charge in [-0.25, -0.2) is 12.8 Å². The Kier molecular flexibility index (Phi) is 6.70. The molecule has 36 heavy (non-hydrogen) atoms. The number of hydrogen-bond acceptors (Lipinski definition) is 2. The molecule has 0 atom stereocenters. The van der Waals surface area contributed by atoms with Crippen molar-refractivity contribution in [1.82, 2.24) is 8.87 Å². The molecule has 0 amide bonds. The van der Waals surface area contributed by atoms with Crippen molar-refractivity contribution in [3.8, 4) is 0 Å². The number of aryl methyl sites for hydroxylation is 2. The zero-order valence-corrected chi connectivity index (χ0v) is 22.3. The van der Waals surface area contributed by atoms with Gasteiger partial charge in [-0.2, -0.15) is 4.31 Å². The van der Waals surface area contributed by atoms with E-state index in [1.165, 1.54) is 11.6 Å². The molecule has 0 bridgehead atoms. The summed E-state index contributed by atoms with van der Waals surface area (Å²) in [5.41, 5.74) is 5.52. The number of halogens is 2. The van der Waals surface area contributed by atoms with Crippen LogP contribution in [0.1, 0.15) is 46.7 Å². The van der Waals surface area contributed by atoms with Crippen LogP contribution in [-0.2, 0) is 16.6 Å². The van der Waals surface area contributed by atoms with Gasteiger partial charge >= 0.3 is 0 Å². The predicted molar refractivity (Wildman–Crippen MR) is 144 cm³/mol. The fourth-order valence-corrected chi connectivity index (χ4v) is 7.53. The van der Waals surface area contributed by atoms with Gasteiger partial charge in [-0.1, -0.05) is 48.0 Å². The van der Waals surface area contributed by atoms with E-state index < -0.39 is 10.0 Å². The van der Waals surface area contributed by atoms with Gasteiger partial charge in [0.1, 0.15) is 5.82 Å². The molecule has 5 rings (SSSR count). The van der Waals surface area contributed by atoms with Crippen molar-refractivity contribution >= 4 is 32.5 Å². The zero-order valence-electron chi connectivity index (χ0n) is 20.8. The Morgan fingerprint density at radius 2 is 1.69 bits per heavy atom. The molecule has 0 aliphatic carbocycles. The standard InChI is InChI=1S/C29H30ClFN2O2S/c1-19-11-12-20(2)28(17-19)36(34,35)32-15-13-22(14-16-32)29-21(3)33(27-10-5-4-7-23(27)29)18-24-25(30)8-6-9-26(24)31/h4-12,17,22H,13-16,18H2,1-3H3. The normalized spacial score (nSPS) is 15.6. The quantitative estimate of drug-likeness (QED) is 0.283. The molecule has 0 spiro atoms. The van der Waals surface area contributed by atoms with Gasteiger partial charge in [0.2, 0.25) is 10.0 Å². The van der Waals surface area contributed by atoms with Crippen molar-refractivity contribution in [2.24, 2.45) is 0 Å². The van der Waals surface area contributed by atoms with Crippen LogP contribution in [0.3, 0.4) is 0 Å². The summed E-state index contributed by atoms with van der Waals surface area (Å²) in [6.45, 7) is 7.12. The minimum atomic E-state index is -3.55. The van der Waals surface area contributed by atoms with Crippen LogP contribution >= 0.6 is 11.6 Å². The molecule has 0 unspecified atom stereocenters. The Morgan fingerprint density at radius 3 is 2.42 bits per heavy atom. The monoisotopic (exact) mass is 524 g/mol. The number of rotatable bonds is 5. The van der Waals surface area contributed by atoms with E-state index in [2.05, 4.69) is 23.6 Å². The fraction of sp³-hybridized carbons (Fsp3) is 0.310. The summed E-state index contributed by atoms with van der Waals surface area (Å²) in [5.74, 6) is -0.0940. The van der Waals surface area contributed by atoms with E-state index in [1.807, 2.05) is 38.1 Å². The summed E-state index contributed by atoms with van der Waals surface area (Å²) in [4.78, 5) is 0.399. The Bertz CT molecular complexity index is 1530. The molecule has 7 heteroatoms. The second kappa shape index (κ2) is 9.66. The summed E-state index contributed by atoms with van der Waals surface area (Å²) in [6.07, 6.45) is 1.47. The van der Waals surface area contributed by atoms with Crippen LogP contribution in [0, 0.1) is 26.6 Å². The Balaban J connectivity index is 1.46. The van der Waals surface area contributed by atoms with Crippen molar-refractivity contribution < 1.29 is 12.8 Å². The molecule has 188 valence electrons. The van der Waals surface area contributed by atoms with Crippen LogP contribution in [0.2, 0.25) is 5.02 Å². The van der Waals surface area contributed by atoms with Gasteiger partial charge in [-0.3, -0.25) is 0 Å². The third-order valence-electron chi connectivity index (χ3n) is 7.48. The van der Waals surface area contributed by atoms with E-state index in [-0.39, 0.29) is 11.7 Å². The summed E-state index contributed by atoms with van der Waals surface area (Å²) >= 11 is 6.35. The lowest BCUT2D eigenvalue weighted by Gasteiger charge is -2.32. The first-order valence-corrected chi connectivity index (χ1v) is 14.1. The Morgan fingerprint density at radius 1 is 0.972 bits per heavy atom. The number of para-hydroxylation sites is 1. The second-order valence-electron chi connectivity index (χ2n) is 9.75. The van der Waals surface area contributed by atoms with Gasteiger partial charge in [0.15, 0.2) is 0 Å². The lowest BCUT2D eigenvalue weighted by atomic mass is 9.88. The first-order chi connectivity index (χ1) is 17.2. The molecule has 1 aromatic heterocycles. The third kappa shape index (κ3) is 4.36. The molecule has 1 fully saturated rings. The maximum Gasteiger partial charge on any atom is 0.243 e. The highest BCUT2D eigenvalue weighted by Gasteiger charge is 2.33. The Hall–Kier alpha value is -2.67. The van der Waals surface area contributed by atoms with E-state index in [0.717, 1.165) is 40.6 Å². The third-order valence-corrected chi connectivity index (χ3v) is 9.88. The van der Waals surface area contributed by atoms with Gasteiger partial charge in [0, 0.05) is 40.3 Å². The zero-order chi connectivity index (χ0) is 25.6. The van der Waals surface area contributed by atoms with Crippen LogP contribution < -0.4 is 0 Å². The highest BCUT2D eigenvalue weighted by atomic mass is 35.5. The van der Waals surface area contributed by atoms with Gasteiger partial charge in [-0.15, -0.1) is 0 Å². The molecule has 1 saturated heterocycles. The molecule has 0 N–H and O–H groups in total. The van der Waals surface area contributed by atoms with E-state index >= 15 is 0 Å². The number of aromatic nitrogens is 1. The summed E-state index contributed by atoms with van der Waals surface area (Å²) in [7, 11) is -3.55. The number of benzene rings is 3. The molecular formula is C29H30ClFN2O2S. The minimum absolute atomic E-state index is 0.220. The van der Waals surface area contributed by atoms with E-state index in [9.17, 15) is 12.8 Å². The van der Waals surface area contributed by atoms with Crippen molar-refractivity contribution in [1.29, 1.82) is 0 Å². The maximum absolute atomic E-state index is 14.6. The van der Waals surface area contributed by atoms with Crippen LogP contribution in [0.5, 0.6) is 0 Å². The molecule has 3 aromatic carbocycles. The lowest BCUT2D eigenvalue weighted by molar-refractivity contribution is 0.319. The summed E-state index contributed by atoms with van der Waals surface area (Å²) in [5, 5.41) is 1.55. The number of sulfonamides is 1. The molecule has 4 nitrogen and oxygen atoms in total. The van der Waals surface area contributed by atoms with E-state index in [0.29, 0.717) is 35.1 Å². The van der Waals surface area contributed by atoms with Gasteiger partial charge in [-0.05, 0) is 80.5 Å². The van der Waals surface area contributed by atoms with E-state index in [1.54, 1.807) is 22.5 Å². The average molecular weight is 525 g/mol. The lowest BCUT2D eigenvalue weighted by Crippen LogP contribution is -2.38. The molecule has 1 aliphatic heterocycles. The second-order valence-corrected chi connectivity index (χ2v) is 12.1. The maximum atomic E-state index is 14.6. The summed E-state index contributed by atoms with van der Waals surface area (Å²) < 4.78 is 45.2. The highest BCUT2D eigenvalue weighted by Crippen LogP contribution is 2.39. The predicted octanol–water partition coefficient (Wildman–Crippen LogP) is 6.98. The number of fused-ring (bicyclic) bond motifs is 1. The van der Waals surface area contributed by atoms with Crippen molar-refractivity contribution in [2.45, 2.75) is 51.0 Å². The summed E-state index contributed by atoms with van der Waals surface area (Å²) in [6, 6.07) is 18.5. The molecule has 4 aromatic rings. The minimum Gasteiger partial charge on any atom is -0.340 e. The van der Waals surface area contributed by atoms with E-state index in [4.69, 9.17) is 11.6 Å². The first-order valence-electron chi connectivity index (χ1n) is 12.3. The SMILES string of the molecule is Cc1ccc(C)c(S(=O)(=O)N2CCC(c3c(C)n(Cc4c(F)cccc4Cl)c4ccccc34)CC2)c1.